The van der Waals surface area contributed by atoms with Crippen LogP contribution < -0.4 is 11.1 Å². The molecule has 0 aromatic carbocycles. The smallest absolute Gasteiger partial charge is 0.241 e. The Morgan fingerprint density at radius 3 is 2.73 bits per heavy atom. The Hall–Kier alpha value is -1.52. The molecule has 0 bridgehead atoms. The van der Waals surface area contributed by atoms with Gasteiger partial charge in [-0.15, -0.1) is 0 Å². The van der Waals surface area contributed by atoms with Gasteiger partial charge in [0.05, 0.1) is 17.1 Å². The lowest BCUT2D eigenvalue weighted by Gasteiger charge is -2.05. The molecule has 5 heteroatoms. The third kappa shape index (κ3) is 2.11. The molecule has 1 aromatic heterocycles. The van der Waals surface area contributed by atoms with Gasteiger partial charge in [-0.1, -0.05) is 0 Å². The third-order valence-corrected chi connectivity index (χ3v) is 2.67. The molecule has 15 heavy (non-hydrogen) atoms. The minimum atomic E-state index is 0.0168. The van der Waals surface area contributed by atoms with Crippen LogP contribution in [0.4, 0.5) is 5.69 Å². The highest BCUT2D eigenvalue weighted by Gasteiger charge is 2.23. The first-order valence-corrected chi connectivity index (χ1v) is 5.16. The first-order valence-electron chi connectivity index (χ1n) is 5.16. The summed E-state index contributed by atoms with van der Waals surface area (Å²) >= 11 is 0. The SMILES string of the molecule is Cc1nn(CC(=O)NC2CC2)c(C)c1N. The van der Waals surface area contributed by atoms with Gasteiger partial charge in [0.15, 0.2) is 0 Å². The first kappa shape index (κ1) is 10.0. The van der Waals surface area contributed by atoms with Crippen molar-refractivity contribution in [2.24, 2.45) is 0 Å². The molecule has 0 spiro atoms. The van der Waals surface area contributed by atoms with Gasteiger partial charge in [-0.25, -0.2) is 0 Å². The summed E-state index contributed by atoms with van der Waals surface area (Å²) in [5.41, 5.74) is 8.10. The van der Waals surface area contributed by atoms with Crippen LogP contribution in [0.5, 0.6) is 0 Å². The van der Waals surface area contributed by atoms with Crippen molar-refractivity contribution in [3.8, 4) is 0 Å². The molecule has 2 rings (SSSR count). The topological polar surface area (TPSA) is 72.9 Å². The Kier molecular flexibility index (Phi) is 2.38. The molecule has 1 saturated carbocycles. The van der Waals surface area contributed by atoms with Gasteiger partial charge in [-0.2, -0.15) is 5.10 Å². The molecule has 1 fully saturated rings. The molecule has 1 amide bonds. The Labute approximate surface area is 88.6 Å². The lowest BCUT2D eigenvalue weighted by molar-refractivity contribution is -0.122. The fraction of sp³-hybridized carbons (Fsp3) is 0.600. The maximum atomic E-state index is 11.5. The van der Waals surface area contributed by atoms with Gasteiger partial charge in [0.25, 0.3) is 0 Å². The van der Waals surface area contributed by atoms with Crippen LogP contribution in [0.2, 0.25) is 0 Å². The fourth-order valence-corrected chi connectivity index (χ4v) is 1.50. The van der Waals surface area contributed by atoms with Crippen LogP contribution in [-0.2, 0) is 11.3 Å². The third-order valence-electron chi connectivity index (χ3n) is 2.67. The van der Waals surface area contributed by atoms with Gasteiger partial charge >= 0.3 is 0 Å². The quantitative estimate of drug-likeness (QED) is 0.753. The van der Waals surface area contributed by atoms with Crippen LogP contribution in [0.25, 0.3) is 0 Å². The lowest BCUT2D eigenvalue weighted by Crippen LogP contribution is -2.30. The van der Waals surface area contributed by atoms with E-state index in [1.807, 2.05) is 13.8 Å². The van der Waals surface area contributed by atoms with E-state index in [4.69, 9.17) is 5.73 Å². The van der Waals surface area contributed by atoms with E-state index in [1.54, 1.807) is 4.68 Å². The molecule has 0 radical (unpaired) electrons. The zero-order valence-corrected chi connectivity index (χ0v) is 9.08. The predicted octanol–water partition coefficient (Wildman–Crippen LogP) is 0.361. The van der Waals surface area contributed by atoms with E-state index in [-0.39, 0.29) is 12.5 Å². The summed E-state index contributed by atoms with van der Waals surface area (Å²) in [5.74, 6) is 0.0168. The van der Waals surface area contributed by atoms with Crippen LogP contribution in [0.15, 0.2) is 0 Å². The number of aromatic nitrogens is 2. The number of nitrogens with two attached hydrogens (primary N) is 1. The van der Waals surface area contributed by atoms with Crippen LogP contribution in [0, 0.1) is 13.8 Å². The van der Waals surface area contributed by atoms with Gasteiger partial charge in [0.2, 0.25) is 5.91 Å². The number of hydrogen-bond donors (Lipinski definition) is 2. The summed E-state index contributed by atoms with van der Waals surface area (Å²) in [6.07, 6.45) is 2.20. The molecule has 82 valence electrons. The number of nitrogens with one attached hydrogen (secondary N) is 1. The maximum absolute atomic E-state index is 11.5. The standard InChI is InChI=1S/C10H16N4O/c1-6-10(11)7(2)14(13-6)5-9(15)12-8-3-4-8/h8H,3-5,11H2,1-2H3,(H,12,15). The second-order valence-corrected chi connectivity index (χ2v) is 4.08. The van der Waals surface area contributed by atoms with Crippen LogP contribution in [0.3, 0.4) is 0 Å². The maximum Gasteiger partial charge on any atom is 0.241 e. The highest BCUT2D eigenvalue weighted by atomic mass is 16.2. The Bertz CT molecular complexity index is 392. The number of hydrogen-bond acceptors (Lipinski definition) is 3. The Morgan fingerprint density at radius 1 is 1.60 bits per heavy atom. The van der Waals surface area contributed by atoms with Gasteiger partial charge in [0, 0.05) is 6.04 Å². The lowest BCUT2D eigenvalue weighted by atomic mass is 10.3. The molecular weight excluding hydrogens is 192 g/mol. The molecule has 1 heterocycles. The van der Waals surface area contributed by atoms with Crippen molar-refractivity contribution in [2.45, 2.75) is 39.3 Å². The van der Waals surface area contributed by atoms with E-state index in [0.29, 0.717) is 11.7 Å². The normalized spacial score (nSPS) is 15.3. The van der Waals surface area contributed by atoms with Gasteiger partial charge in [-0.3, -0.25) is 9.48 Å². The van der Waals surface area contributed by atoms with Crippen molar-refractivity contribution in [1.29, 1.82) is 0 Å². The average Bonchev–Trinajstić information content (AvgIpc) is 2.94. The van der Waals surface area contributed by atoms with E-state index in [0.717, 1.165) is 24.2 Å². The minimum Gasteiger partial charge on any atom is -0.396 e. The highest BCUT2D eigenvalue weighted by molar-refractivity contribution is 5.76. The molecule has 1 aromatic rings. The summed E-state index contributed by atoms with van der Waals surface area (Å²) < 4.78 is 1.66. The summed E-state index contributed by atoms with van der Waals surface area (Å²) in [5, 5.41) is 7.13. The Morgan fingerprint density at radius 2 is 2.27 bits per heavy atom. The monoisotopic (exact) mass is 208 g/mol. The van der Waals surface area contributed by atoms with Crippen LogP contribution in [-0.4, -0.2) is 21.7 Å². The molecule has 0 atom stereocenters. The largest absolute Gasteiger partial charge is 0.396 e. The number of aryl methyl sites for hydroxylation is 1. The van der Waals surface area contributed by atoms with Gasteiger partial charge in [-0.05, 0) is 26.7 Å². The minimum absolute atomic E-state index is 0.0168. The number of amides is 1. The summed E-state index contributed by atoms with van der Waals surface area (Å²) in [4.78, 5) is 11.5. The number of rotatable bonds is 3. The predicted molar refractivity (Wildman–Crippen MR) is 57.3 cm³/mol. The van der Waals surface area contributed by atoms with E-state index < -0.39 is 0 Å². The molecule has 1 aliphatic rings. The van der Waals surface area contributed by atoms with Crippen LogP contribution >= 0.6 is 0 Å². The average molecular weight is 208 g/mol. The molecule has 1 aliphatic carbocycles. The van der Waals surface area contributed by atoms with E-state index >= 15 is 0 Å². The number of carbonyl (C=O) groups is 1. The molecule has 0 aliphatic heterocycles. The van der Waals surface area contributed by atoms with E-state index in [2.05, 4.69) is 10.4 Å². The van der Waals surface area contributed by atoms with Crippen molar-refractivity contribution >= 4 is 11.6 Å². The number of nitrogen functional groups attached to an aromatic ring is 1. The fourth-order valence-electron chi connectivity index (χ4n) is 1.50. The molecular formula is C10H16N4O. The van der Waals surface area contributed by atoms with Crippen molar-refractivity contribution in [3.05, 3.63) is 11.4 Å². The Balaban J connectivity index is 2.02. The van der Waals surface area contributed by atoms with Gasteiger partial charge < -0.3 is 11.1 Å². The van der Waals surface area contributed by atoms with Crippen LogP contribution in [0.1, 0.15) is 24.2 Å². The highest BCUT2D eigenvalue weighted by Crippen LogP contribution is 2.19. The second-order valence-electron chi connectivity index (χ2n) is 4.08. The number of anilines is 1. The molecule has 3 N–H and O–H groups in total. The van der Waals surface area contributed by atoms with Crippen molar-refractivity contribution in [1.82, 2.24) is 15.1 Å². The number of carbonyl (C=O) groups excluding carboxylic acids is 1. The number of nitrogens with zero attached hydrogens (tertiary/aromatic N) is 2. The molecule has 0 unspecified atom stereocenters. The summed E-state index contributed by atoms with van der Waals surface area (Å²) in [6, 6.07) is 0.395. The zero-order chi connectivity index (χ0) is 11.0. The van der Waals surface area contributed by atoms with Crippen molar-refractivity contribution in [3.63, 3.8) is 0 Å². The van der Waals surface area contributed by atoms with E-state index in [1.165, 1.54) is 0 Å². The van der Waals surface area contributed by atoms with E-state index in [9.17, 15) is 4.79 Å². The van der Waals surface area contributed by atoms with Crippen molar-refractivity contribution in [2.75, 3.05) is 5.73 Å². The van der Waals surface area contributed by atoms with Gasteiger partial charge in [0.1, 0.15) is 6.54 Å². The van der Waals surface area contributed by atoms with Crippen molar-refractivity contribution < 1.29 is 4.79 Å². The summed E-state index contributed by atoms with van der Waals surface area (Å²) in [6.45, 7) is 3.98. The molecule has 0 saturated heterocycles. The first-order chi connectivity index (χ1) is 7.08. The molecule has 5 nitrogen and oxygen atoms in total. The zero-order valence-electron chi connectivity index (χ0n) is 9.08. The summed E-state index contributed by atoms with van der Waals surface area (Å²) in [7, 11) is 0. The second kappa shape index (κ2) is 3.56.